The van der Waals surface area contributed by atoms with Crippen molar-refractivity contribution >= 4 is 46.5 Å². The Labute approximate surface area is 285 Å². The number of aliphatic hydroxyl groups is 1. The van der Waals surface area contributed by atoms with Crippen LogP contribution in [0.5, 0.6) is 0 Å². The van der Waals surface area contributed by atoms with E-state index in [1.807, 2.05) is 0 Å². The van der Waals surface area contributed by atoms with E-state index < -0.39 is 69.3 Å². The predicted molar refractivity (Wildman–Crippen MR) is 175 cm³/mol. The zero-order valence-electron chi connectivity index (χ0n) is 24.9. The molecular weight excluding hydrogens is 670 g/mol. The minimum Gasteiger partial charge on any atom is -0.465 e. The van der Waals surface area contributed by atoms with E-state index in [0.717, 1.165) is 32.4 Å². The molecule has 3 aromatic carbocycles. The van der Waals surface area contributed by atoms with Gasteiger partial charge in [-0.05, 0) is 55.5 Å². The average Bonchev–Trinajstić information content (AvgIpc) is 3.45. The van der Waals surface area contributed by atoms with Gasteiger partial charge in [-0.3, -0.25) is 29.9 Å². The lowest BCUT2D eigenvalue weighted by Crippen LogP contribution is -2.54. The summed E-state index contributed by atoms with van der Waals surface area (Å²) in [6, 6.07) is 9.27. The Morgan fingerprint density at radius 2 is 1.90 bits per heavy atom. The number of halogens is 3. The number of amides is 1. The van der Waals surface area contributed by atoms with Gasteiger partial charge in [0.1, 0.15) is 11.4 Å². The summed E-state index contributed by atoms with van der Waals surface area (Å²) in [6.45, 7) is 0.194. The number of nitro benzene ring substituents is 1. The molecule has 1 unspecified atom stereocenters. The molecule has 1 amide bonds. The van der Waals surface area contributed by atoms with E-state index in [-0.39, 0.29) is 41.6 Å². The number of carbonyl (C=O) groups is 2. The lowest BCUT2D eigenvalue weighted by Gasteiger charge is -2.42. The van der Waals surface area contributed by atoms with Crippen LogP contribution in [0.3, 0.4) is 0 Å². The molecule has 1 aliphatic carbocycles. The molecule has 1 saturated carbocycles. The van der Waals surface area contributed by atoms with Crippen LogP contribution in [0.25, 0.3) is 0 Å². The van der Waals surface area contributed by atoms with Gasteiger partial charge in [-0.15, -0.1) is 0 Å². The van der Waals surface area contributed by atoms with Crippen molar-refractivity contribution in [1.82, 2.24) is 4.90 Å². The van der Waals surface area contributed by atoms with Gasteiger partial charge in [-0.1, -0.05) is 55.2 Å². The van der Waals surface area contributed by atoms with Gasteiger partial charge < -0.3 is 15.2 Å². The van der Waals surface area contributed by atoms with Crippen LogP contribution < -0.4 is 5.32 Å². The Morgan fingerprint density at radius 3 is 2.52 bits per heavy atom. The van der Waals surface area contributed by atoms with Crippen molar-refractivity contribution in [1.29, 1.82) is 0 Å². The number of hydrogen-bond donors (Lipinski definition) is 2. The Morgan fingerprint density at radius 1 is 1.17 bits per heavy atom. The van der Waals surface area contributed by atoms with Crippen molar-refractivity contribution < 1.29 is 33.7 Å². The number of nitrogens with one attached hydrogen (secondary N) is 1. The van der Waals surface area contributed by atoms with Gasteiger partial charge in [0, 0.05) is 39.4 Å². The molecule has 3 aromatic rings. The summed E-state index contributed by atoms with van der Waals surface area (Å²) in [5.41, 5.74) is -2.22. The van der Waals surface area contributed by atoms with Gasteiger partial charge in [-0.25, -0.2) is 9.18 Å². The first-order valence-electron chi connectivity index (χ1n) is 14.9. The zero-order valence-corrected chi connectivity index (χ0v) is 26.4. The summed E-state index contributed by atoms with van der Waals surface area (Å²) < 4.78 is 20.7. The quantitative estimate of drug-likeness (QED) is 0.141. The second kappa shape index (κ2) is 13.4. The molecule has 0 bridgehead atoms. The van der Waals surface area contributed by atoms with Gasteiger partial charge in [0.25, 0.3) is 11.6 Å². The fraction of sp³-hybridized carbons (Fsp3) is 0.394. The van der Waals surface area contributed by atoms with Crippen molar-refractivity contribution in [3.63, 3.8) is 0 Å². The fourth-order valence-corrected chi connectivity index (χ4v) is 7.85. The molecule has 1 spiro atoms. The van der Waals surface area contributed by atoms with Crippen LogP contribution in [-0.2, 0) is 15.1 Å². The van der Waals surface area contributed by atoms with E-state index in [1.54, 1.807) is 17.0 Å². The number of carbonyl (C=O) groups excluding carboxylic acids is 2. The number of anilines is 1. The lowest BCUT2D eigenvalue weighted by molar-refractivity contribution is -0.528. The number of esters is 1. The number of nitro groups is 2. The molecule has 2 heterocycles. The van der Waals surface area contributed by atoms with E-state index in [1.165, 1.54) is 36.4 Å². The van der Waals surface area contributed by atoms with Crippen LogP contribution in [-0.4, -0.2) is 57.5 Å². The van der Waals surface area contributed by atoms with E-state index in [2.05, 4.69) is 10.1 Å². The minimum absolute atomic E-state index is 0. The lowest BCUT2D eigenvalue weighted by atomic mass is 9.73. The number of nitrogens with zero attached hydrogens (tertiary/aromatic N) is 3. The molecule has 254 valence electrons. The minimum atomic E-state index is -1.83. The van der Waals surface area contributed by atoms with Crippen LogP contribution in [0, 0.1) is 32.0 Å². The molecule has 1 saturated heterocycles. The molecule has 6 rings (SSSR count). The van der Waals surface area contributed by atoms with E-state index in [0.29, 0.717) is 16.3 Å². The summed E-state index contributed by atoms with van der Waals surface area (Å²) in [5, 5.41) is 39.7. The highest BCUT2D eigenvalue weighted by molar-refractivity contribution is 6.31. The van der Waals surface area contributed by atoms with E-state index >= 15 is 4.39 Å². The van der Waals surface area contributed by atoms with Crippen molar-refractivity contribution in [2.45, 2.75) is 62.8 Å². The number of aliphatic hydroxyl groups excluding tert-OH is 1. The highest BCUT2D eigenvalue weighted by atomic mass is 35.5. The maximum absolute atomic E-state index is 16.0. The van der Waals surface area contributed by atoms with Crippen molar-refractivity contribution in [3.05, 3.63) is 113 Å². The molecule has 0 radical (unpaired) electrons. The van der Waals surface area contributed by atoms with Gasteiger partial charge in [0.05, 0.1) is 46.2 Å². The number of fused-ring (bicyclic) bond motifs is 2. The third kappa shape index (κ3) is 5.58. The number of hydrogen-bond acceptors (Lipinski definition) is 9. The van der Waals surface area contributed by atoms with Gasteiger partial charge in [0.15, 0.2) is 0 Å². The third-order valence-electron chi connectivity index (χ3n) is 9.74. The number of benzene rings is 3. The first-order chi connectivity index (χ1) is 22.4. The first kappa shape index (κ1) is 35.1. The predicted octanol–water partition coefficient (Wildman–Crippen LogP) is 6.65. The Bertz CT molecular complexity index is 1810. The van der Waals surface area contributed by atoms with Crippen LogP contribution in [0.2, 0.25) is 10.0 Å². The molecule has 2 fully saturated rings. The number of rotatable bonds is 9. The Balaban J connectivity index is 0.00000451. The maximum Gasteiger partial charge on any atom is 0.338 e. The summed E-state index contributed by atoms with van der Waals surface area (Å²) in [5.74, 6) is -3.77. The molecule has 48 heavy (non-hydrogen) atoms. The maximum atomic E-state index is 16.0. The summed E-state index contributed by atoms with van der Waals surface area (Å²) in [4.78, 5) is 52.1. The van der Waals surface area contributed by atoms with Gasteiger partial charge >= 0.3 is 5.97 Å². The molecule has 15 heteroatoms. The number of likely N-dealkylation sites (tertiary alicyclic amines) is 1. The SMILES string of the molecule is C.COC(=O)c1ccc(C(O)C[C@H]2[C@@H]([N+](=O)[O-])[C@H](c3cccc(Cl)c3F)[C@]3(C(=O)Nc4cc(Cl)ccc43)N2CC2CCC2)c([N+](=O)[O-])c1. The summed E-state index contributed by atoms with van der Waals surface area (Å²) in [7, 11) is 1.12. The largest absolute Gasteiger partial charge is 0.465 e. The fourth-order valence-electron chi connectivity index (χ4n) is 7.50. The second-order valence-corrected chi connectivity index (χ2v) is 12.9. The molecule has 2 aliphatic heterocycles. The highest BCUT2D eigenvalue weighted by Crippen LogP contribution is 2.60. The monoisotopic (exact) mass is 702 g/mol. The zero-order chi connectivity index (χ0) is 33.8. The molecule has 0 aromatic heterocycles. The average molecular weight is 704 g/mol. The molecule has 12 nitrogen and oxygen atoms in total. The summed E-state index contributed by atoms with van der Waals surface area (Å²) >= 11 is 12.5. The van der Waals surface area contributed by atoms with Crippen LogP contribution in [0.15, 0.2) is 54.6 Å². The normalized spacial score (nSPS) is 23.9. The van der Waals surface area contributed by atoms with E-state index in [9.17, 15) is 34.9 Å². The van der Waals surface area contributed by atoms with Crippen LogP contribution in [0.1, 0.15) is 72.2 Å². The van der Waals surface area contributed by atoms with E-state index in [4.69, 9.17) is 23.2 Å². The molecule has 2 N–H and O–H groups in total. The van der Waals surface area contributed by atoms with Crippen molar-refractivity contribution in [3.8, 4) is 0 Å². The van der Waals surface area contributed by atoms with Crippen LogP contribution >= 0.6 is 23.2 Å². The Kier molecular flexibility index (Phi) is 9.80. The van der Waals surface area contributed by atoms with Crippen LogP contribution in [0.4, 0.5) is 15.8 Å². The summed E-state index contributed by atoms with van der Waals surface area (Å²) in [6.07, 6.45) is 0.398. The number of methoxy groups -OCH3 is 1. The Hall–Kier alpha value is -4.17. The highest BCUT2D eigenvalue weighted by Gasteiger charge is 2.71. The topological polar surface area (TPSA) is 165 Å². The van der Waals surface area contributed by atoms with Crippen molar-refractivity contribution in [2.24, 2.45) is 5.92 Å². The smallest absolute Gasteiger partial charge is 0.338 e. The van der Waals surface area contributed by atoms with Gasteiger partial charge in [-0.2, -0.15) is 0 Å². The molecule has 5 atom stereocenters. The molecule has 3 aliphatic rings. The van der Waals surface area contributed by atoms with Gasteiger partial charge in [0.2, 0.25) is 6.04 Å². The standard InChI is InChI=1S/C32H29Cl2FN4O8.CH4/c1-47-30(41)17-8-10-19(24(12-17)38(43)44)26(40)14-25-29(39(45)46)27(20-6-3-7-22(34)28(20)35)32(37(25)15-16-4-2-5-16)21-11-9-18(33)13-23(21)36-31(32)42;/h3,6-13,16,25-27,29,40H,2,4-5,14-15H2,1H3,(H,36,42);1H4/t25-,26?,27-,29+,32+;/m0./s1. The molecular formula is C33H33Cl2FN4O8. The van der Waals surface area contributed by atoms with Crippen molar-refractivity contribution in [2.75, 3.05) is 19.0 Å². The third-order valence-corrected chi connectivity index (χ3v) is 10.3. The second-order valence-electron chi connectivity index (χ2n) is 12.1. The number of ether oxygens (including phenoxy) is 1. The first-order valence-corrected chi connectivity index (χ1v) is 15.7.